The van der Waals surface area contributed by atoms with Gasteiger partial charge in [0.2, 0.25) is 0 Å². The molecule has 0 saturated carbocycles. The van der Waals surface area contributed by atoms with Crippen LogP contribution in [0.25, 0.3) is 10.9 Å². The second-order valence-corrected chi connectivity index (χ2v) is 5.71. The SMILES string of the molecule is Clc1cc(Cl)c2ccn(CCNCc3cccnc3)c2c1. The molecule has 1 aromatic carbocycles. The van der Waals surface area contributed by atoms with Crippen LogP contribution >= 0.6 is 23.2 Å². The van der Waals surface area contributed by atoms with Gasteiger partial charge >= 0.3 is 0 Å². The monoisotopic (exact) mass is 319 g/mol. The highest BCUT2D eigenvalue weighted by atomic mass is 35.5. The Morgan fingerprint density at radius 1 is 1.19 bits per heavy atom. The van der Waals surface area contributed by atoms with Gasteiger partial charge in [0.15, 0.2) is 0 Å². The average Bonchev–Trinajstić information content (AvgIpc) is 2.88. The van der Waals surface area contributed by atoms with Gasteiger partial charge in [-0.2, -0.15) is 0 Å². The summed E-state index contributed by atoms with van der Waals surface area (Å²) in [6.45, 7) is 2.54. The minimum atomic E-state index is 0.663. The largest absolute Gasteiger partial charge is 0.346 e. The number of halogens is 2. The summed E-state index contributed by atoms with van der Waals surface area (Å²) >= 11 is 12.3. The van der Waals surface area contributed by atoms with Crippen molar-refractivity contribution < 1.29 is 0 Å². The van der Waals surface area contributed by atoms with E-state index in [0.29, 0.717) is 10.0 Å². The predicted molar refractivity (Wildman–Crippen MR) is 87.9 cm³/mol. The summed E-state index contributed by atoms with van der Waals surface area (Å²) in [6, 6.07) is 9.75. The van der Waals surface area contributed by atoms with Crippen LogP contribution in [0.15, 0.2) is 48.9 Å². The molecule has 0 spiro atoms. The molecule has 1 N–H and O–H groups in total. The first-order chi connectivity index (χ1) is 10.2. The highest BCUT2D eigenvalue weighted by Gasteiger charge is 2.06. The highest BCUT2D eigenvalue weighted by Crippen LogP contribution is 2.28. The van der Waals surface area contributed by atoms with Gasteiger partial charge in [0, 0.05) is 48.6 Å². The number of rotatable bonds is 5. The maximum absolute atomic E-state index is 6.20. The lowest BCUT2D eigenvalue weighted by Crippen LogP contribution is -2.19. The number of hydrogen-bond donors (Lipinski definition) is 1. The van der Waals surface area contributed by atoms with E-state index >= 15 is 0 Å². The Labute approximate surface area is 133 Å². The molecule has 0 aliphatic rings. The van der Waals surface area contributed by atoms with Crippen molar-refractivity contribution in [3.63, 3.8) is 0 Å². The molecular weight excluding hydrogens is 305 g/mol. The van der Waals surface area contributed by atoms with E-state index in [1.54, 1.807) is 12.3 Å². The summed E-state index contributed by atoms with van der Waals surface area (Å²) in [7, 11) is 0. The van der Waals surface area contributed by atoms with E-state index in [9.17, 15) is 0 Å². The Balaban J connectivity index is 1.63. The zero-order valence-corrected chi connectivity index (χ0v) is 12.9. The summed E-state index contributed by atoms with van der Waals surface area (Å²) in [4.78, 5) is 4.10. The number of hydrogen-bond acceptors (Lipinski definition) is 2. The molecule has 3 aromatic rings. The summed E-state index contributed by atoms with van der Waals surface area (Å²) in [5, 5.41) is 5.80. The fourth-order valence-corrected chi connectivity index (χ4v) is 2.89. The number of nitrogens with zero attached hydrogens (tertiary/aromatic N) is 2. The molecule has 108 valence electrons. The Hall–Kier alpha value is -1.55. The molecular formula is C16H15Cl2N3. The molecule has 0 unspecified atom stereocenters. The third kappa shape index (κ3) is 3.38. The van der Waals surface area contributed by atoms with Crippen molar-refractivity contribution in [2.75, 3.05) is 6.54 Å². The van der Waals surface area contributed by atoms with Crippen LogP contribution in [0.4, 0.5) is 0 Å². The topological polar surface area (TPSA) is 29.9 Å². The zero-order chi connectivity index (χ0) is 14.7. The molecule has 21 heavy (non-hydrogen) atoms. The first-order valence-electron chi connectivity index (χ1n) is 6.77. The van der Waals surface area contributed by atoms with Crippen molar-refractivity contribution in [3.8, 4) is 0 Å². The van der Waals surface area contributed by atoms with Gasteiger partial charge in [0.25, 0.3) is 0 Å². The molecule has 2 aromatic heterocycles. The Morgan fingerprint density at radius 3 is 2.90 bits per heavy atom. The fraction of sp³-hybridized carbons (Fsp3) is 0.188. The lowest BCUT2D eigenvalue weighted by atomic mass is 10.2. The smallest absolute Gasteiger partial charge is 0.0514 e. The molecule has 0 atom stereocenters. The number of pyridine rings is 1. The summed E-state index contributed by atoms with van der Waals surface area (Å²) in [5.41, 5.74) is 2.25. The number of nitrogens with one attached hydrogen (secondary N) is 1. The zero-order valence-electron chi connectivity index (χ0n) is 11.4. The van der Waals surface area contributed by atoms with Crippen LogP contribution in [0.1, 0.15) is 5.56 Å². The van der Waals surface area contributed by atoms with Gasteiger partial charge in [-0.15, -0.1) is 0 Å². The summed E-state index contributed by atoms with van der Waals surface area (Å²) in [5.74, 6) is 0. The molecule has 0 fully saturated rings. The van der Waals surface area contributed by atoms with E-state index in [0.717, 1.165) is 30.5 Å². The van der Waals surface area contributed by atoms with E-state index in [-0.39, 0.29) is 0 Å². The molecule has 0 saturated heterocycles. The van der Waals surface area contributed by atoms with E-state index in [4.69, 9.17) is 23.2 Å². The molecule has 0 aliphatic carbocycles. The van der Waals surface area contributed by atoms with Crippen LogP contribution in [0.3, 0.4) is 0 Å². The molecule has 0 bridgehead atoms. The summed E-state index contributed by atoms with van der Waals surface area (Å²) < 4.78 is 2.16. The van der Waals surface area contributed by atoms with Crippen molar-refractivity contribution in [3.05, 3.63) is 64.5 Å². The Morgan fingerprint density at radius 2 is 2.10 bits per heavy atom. The number of fused-ring (bicyclic) bond motifs is 1. The Kier molecular flexibility index (Phi) is 4.44. The normalized spacial score (nSPS) is 11.1. The van der Waals surface area contributed by atoms with Crippen molar-refractivity contribution >= 4 is 34.1 Å². The third-order valence-electron chi connectivity index (χ3n) is 3.38. The molecule has 0 aliphatic heterocycles. The van der Waals surface area contributed by atoms with Crippen LogP contribution in [0.2, 0.25) is 10.0 Å². The van der Waals surface area contributed by atoms with Gasteiger partial charge in [0.05, 0.1) is 10.5 Å². The van der Waals surface area contributed by atoms with Gasteiger partial charge in [-0.1, -0.05) is 29.3 Å². The van der Waals surface area contributed by atoms with Crippen LogP contribution in [-0.2, 0) is 13.1 Å². The Bertz CT molecular complexity index is 738. The van der Waals surface area contributed by atoms with Crippen LogP contribution in [0, 0.1) is 0 Å². The first kappa shape index (κ1) is 14.4. The lowest BCUT2D eigenvalue weighted by molar-refractivity contribution is 0.608. The predicted octanol–water partition coefficient (Wildman–Crippen LogP) is 4.13. The molecule has 2 heterocycles. The minimum absolute atomic E-state index is 0.663. The maximum atomic E-state index is 6.20. The van der Waals surface area contributed by atoms with Crippen LogP contribution < -0.4 is 5.32 Å². The standard InChI is InChI=1S/C16H15Cl2N3/c17-13-8-15(18)14-3-6-21(16(14)9-13)7-5-20-11-12-2-1-4-19-10-12/h1-4,6,8-10,20H,5,7,11H2. The van der Waals surface area contributed by atoms with Crippen molar-refractivity contribution in [1.29, 1.82) is 0 Å². The quantitative estimate of drug-likeness (QED) is 0.716. The third-order valence-corrected chi connectivity index (χ3v) is 3.92. The molecule has 0 radical (unpaired) electrons. The van der Waals surface area contributed by atoms with Crippen molar-refractivity contribution in [2.45, 2.75) is 13.1 Å². The van der Waals surface area contributed by atoms with Crippen LogP contribution in [-0.4, -0.2) is 16.1 Å². The van der Waals surface area contributed by atoms with E-state index < -0.39 is 0 Å². The van der Waals surface area contributed by atoms with Crippen molar-refractivity contribution in [2.24, 2.45) is 0 Å². The van der Waals surface area contributed by atoms with Gasteiger partial charge < -0.3 is 9.88 Å². The number of aromatic nitrogens is 2. The minimum Gasteiger partial charge on any atom is -0.346 e. The van der Waals surface area contributed by atoms with Crippen LogP contribution in [0.5, 0.6) is 0 Å². The first-order valence-corrected chi connectivity index (χ1v) is 7.53. The van der Waals surface area contributed by atoms with E-state index in [1.807, 2.05) is 30.6 Å². The molecule has 3 nitrogen and oxygen atoms in total. The maximum Gasteiger partial charge on any atom is 0.0514 e. The number of benzene rings is 1. The fourth-order valence-electron chi connectivity index (χ4n) is 2.35. The highest BCUT2D eigenvalue weighted by molar-refractivity contribution is 6.38. The summed E-state index contributed by atoms with van der Waals surface area (Å²) in [6.07, 6.45) is 5.69. The van der Waals surface area contributed by atoms with E-state index in [2.05, 4.69) is 20.9 Å². The molecule has 3 rings (SSSR count). The van der Waals surface area contributed by atoms with Gasteiger partial charge in [0.1, 0.15) is 0 Å². The van der Waals surface area contributed by atoms with E-state index in [1.165, 1.54) is 5.56 Å². The average molecular weight is 320 g/mol. The molecule has 5 heteroatoms. The lowest BCUT2D eigenvalue weighted by Gasteiger charge is -2.08. The van der Waals surface area contributed by atoms with Gasteiger partial charge in [-0.05, 0) is 29.8 Å². The van der Waals surface area contributed by atoms with Gasteiger partial charge in [-0.3, -0.25) is 4.98 Å². The second kappa shape index (κ2) is 6.48. The van der Waals surface area contributed by atoms with Crippen molar-refractivity contribution in [1.82, 2.24) is 14.9 Å². The van der Waals surface area contributed by atoms with Gasteiger partial charge in [-0.25, -0.2) is 0 Å². The second-order valence-electron chi connectivity index (χ2n) is 4.87. The molecule has 0 amide bonds.